The third-order valence-electron chi connectivity index (χ3n) is 3.15. The SMILES string of the molecule is CCCn1nc(C(=O)OCC(=O)Nc2cccc(C)c2)ccc1=O. The largest absolute Gasteiger partial charge is 0.451 e. The van der Waals surface area contributed by atoms with E-state index >= 15 is 0 Å². The molecule has 1 aromatic carbocycles. The van der Waals surface area contributed by atoms with Crippen molar-refractivity contribution < 1.29 is 14.3 Å². The van der Waals surface area contributed by atoms with E-state index in [1.807, 2.05) is 32.0 Å². The molecule has 0 aliphatic rings. The summed E-state index contributed by atoms with van der Waals surface area (Å²) in [4.78, 5) is 35.3. The maximum Gasteiger partial charge on any atom is 0.359 e. The highest BCUT2D eigenvalue weighted by Crippen LogP contribution is 2.09. The van der Waals surface area contributed by atoms with Crippen molar-refractivity contribution in [2.45, 2.75) is 26.8 Å². The molecule has 0 unspecified atom stereocenters. The van der Waals surface area contributed by atoms with Gasteiger partial charge in [0.1, 0.15) is 0 Å². The number of ether oxygens (including phenoxy) is 1. The van der Waals surface area contributed by atoms with Gasteiger partial charge in [-0.3, -0.25) is 9.59 Å². The van der Waals surface area contributed by atoms with E-state index in [1.54, 1.807) is 6.07 Å². The summed E-state index contributed by atoms with van der Waals surface area (Å²) in [6.07, 6.45) is 0.713. The minimum atomic E-state index is -0.751. The van der Waals surface area contributed by atoms with Crippen LogP contribution in [0.4, 0.5) is 5.69 Å². The number of hydrogen-bond acceptors (Lipinski definition) is 5. The maximum absolute atomic E-state index is 11.9. The number of carbonyl (C=O) groups is 2. The van der Waals surface area contributed by atoms with E-state index in [9.17, 15) is 14.4 Å². The highest BCUT2D eigenvalue weighted by atomic mass is 16.5. The molecule has 2 rings (SSSR count). The normalized spacial score (nSPS) is 10.2. The summed E-state index contributed by atoms with van der Waals surface area (Å²) in [6.45, 7) is 3.79. The molecule has 0 aliphatic heterocycles. The Morgan fingerprint density at radius 1 is 1.25 bits per heavy atom. The molecule has 1 amide bonds. The van der Waals surface area contributed by atoms with E-state index in [4.69, 9.17) is 4.74 Å². The molecule has 1 heterocycles. The van der Waals surface area contributed by atoms with Crippen molar-refractivity contribution in [1.29, 1.82) is 0 Å². The summed E-state index contributed by atoms with van der Waals surface area (Å²) in [5.41, 5.74) is 1.34. The van der Waals surface area contributed by atoms with Gasteiger partial charge in [0.25, 0.3) is 11.5 Å². The molecule has 0 saturated carbocycles. The van der Waals surface area contributed by atoms with Crippen molar-refractivity contribution >= 4 is 17.6 Å². The number of carbonyl (C=O) groups excluding carboxylic acids is 2. The zero-order valence-electron chi connectivity index (χ0n) is 13.6. The van der Waals surface area contributed by atoms with Crippen LogP contribution in [0.3, 0.4) is 0 Å². The van der Waals surface area contributed by atoms with E-state index in [1.165, 1.54) is 16.8 Å². The Balaban J connectivity index is 1.94. The lowest BCUT2D eigenvalue weighted by atomic mass is 10.2. The van der Waals surface area contributed by atoms with Gasteiger partial charge in [-0.2, -0.15) is 5.10 Å². The first kappa shape index (κ1) is 17.4. The van der Waals surface area contributed by atoms with Gasteiger partial charge in [0, 0.05) is 18.3 Å². The zero-order chi connectivity index (χ0) is 17.5. The Labute approximate surface area is 139 Å². The second-order valence-electron chi connectivity index (χ2n) is 5.27. The smallest absolute Gasteiger partial charge is 0.359 e. The fourth-order valence-electron chi connectivity index (χ4n) is 2.05. The fraction of sp³-hybridized carbons (Fsp3) is 0.294. The Bertz CT molecular complexity index is 798. The first-order valence-corrected chi connectivity index (χ1v) is 7.61. The standard InChI is InChI=1S/C17H19N3O4/c1-3-9-20-16(22)8-7-14(19-20)17(23)24-11-15(21)18-13-6-4-5-12(2)10-13/h4-8,10H,3,9,11H2,1-2H3,(H,18,21). The van der Waals surface area contributed by atoms with Crippen LogP contribution in [0, 0.1) is 6.92 Å². The van der Waals surface area contributed by atoms with Crippen LogP contribution >= 0.6 is 0 Å². The van der Waals surface area contributed by atoms with Crippen molar-refractivity contribution in [3.63, 3.8) is 0 Å². The van der Waals surface area contributed by atoms with Gasteiger partial charge < -0.3 is 10.1 Å². The topological polar surface area (TPSA) is 90.3 Å². The summed E-state index contributed by atoms with van der Waals surface area (Å²) < 4.78 is 6.13. The third-order valence-corrected chi connectivity index (χ3v) is 3.15. The van der Waals surface area contributed by atoms with Crippen molar-refractivity contribution in [2.24, 2.45) is 0 Å². The second-order valence-corrected chi connectivity index (χ2v) is 5.27. The molecule has 0 spiro atoms. The Morgan fingerprint density at radius 2 is 2.04 bits per heavy atom. The molecule has 0 radical (unpaired) electrons. The van der Waals surface area contributed by atoms with Crippen molar-refractivity contribution in [3.05, 3.63) is 58.0 Å². The molecule has 2 aromatic rings. The number of aromatic nitrogens is 2. The molecule has 0 saturated heterocycles. The average molecular weight is 329 g/mol. The fourth-order valence-corrected chi connectivity index (χ4v) is 2.05. The van der Waals surface area contributed by atoms with Gasteiger partial charge >= 0.3 is 5.97 Å². The first-order valence-electron chi connectivity index (χ1n) is 7.61. The van der Waals surface area contributed by atoms with Gasteiger partial charge in [0.2, 0.25) is 0 Å². The molecule has 7 heteroatoms. The summed E-state index contributed by atoms with van der Waals surface area (Å²) in [6, 6.07) is 9.82. The Kier molecular flexibility index (Phi) is 5.83. The lowest BCUT2D eigenvalue weighted by Gasteiger charge is -2.08. The van der Waals surface area contributed by atoms with Crippen LogP contribution in [0.1, 0.15) is 29.4 Å². The molecule has 0 atom stereocenters. The number of nitrogens with one attached hydrogen (secondary N) is 1. The molecule has 126 valence electrons. The minimum absolute atomic E-state index is 0.00796. The van der Waals surface area contributed by atoms with Crippen molar-refractivity contribution in [2.75, 3.05) is 11.9 Å². The number of nitrogens with zero attached hydrogens (tertiary/aromatic N) is 2. The number of hydrogen-bond donors (Lipinski definition) is 1. The summed E-state index contributed by atoms with van der Waals surface area (Å²) in [5.74, 6) is -1.20. The monoisotopic (exact) mass is 329 g/mol. The Morgan fingerprint density at radius 3 is 2.75 bits per heavy atom. The van der Waals surface area contributed by atoms with E-state index in [0.717, 1.165) is 5.56 Å². The van der Waals surface area contributed by atoms with Gasteiger partial charge in [0.05, 0.1) is 0 Å². The maximum atomic E-state index is 11.9. The van der Waals surface area contributed by atoms with E-state index in [-0.39, 0.29) is 11.3 Å². The van der Waals surface area contributed by atoms with Gasteiger partial charge in [0.15, 0.2) is 12.3 Å². The minimum Gasteiger partial charge on any atom is -0.451 e. The van der Waals surface area contributed by atoms with E-state index < -0.39 is 18.5 Å². The number of esters is 1. The molecule has 1 N–H and O–H groups in total. The van der Waals surface area contributed by atoms with Gasteiger partial charge in [-0.25, -0.2) is 9.48 Å². The zero-order valence-corrected chi connectivity index (χ0v) is 13.6. The van der Waals surface area contributed by atoms with E-state index in [2.05, 4.69) is 10.4 Å². The molecule has 7 nitrogen and oxygen atoms in total. The lowest BCUT2D eigenvalue weighted by molar-refractivity contribution is -0.119. The predicted octanol–water partition coefficient (Wildman–Crippen LogP) is 1.76. The third kappa shape index (κ3) is 4.77. The van der Waals surface area contributed by atoms with Crippen LogP contribution < -0.4 is 10.9 Å². The summed E-state index contributed by atoms with van der Waals surface area (Å²) >= 11 is 0. The molecule has 0 bridgehead atoms. The number of aryl methyl sites for hydroxylation is 2. The number of rotatable bonds is 6. The summed E-state index contributed by atoms with van der Waals surface area (Å²) in [5, 5.41) is 6.57. The highest BCUT2D eigenvalue weighted by Gasteiger charge is 2.13. The van der Waals surface area contributed by atoms with Crippen molar-refractivity contribution in [3.8, 4) is 0 Å². The average Bonchev–Trinajstić information content (AvgIpc) is 2.55. The molecular weight excluding hydrogens is 310 g/mol. The number of benzene rings is 1. The quantitative estimate of drug-likeness (QED) is 0.816. The van der Waals surface area contributed by atoms with Gasteiger partial charge in [-0.05, 0) is 37.1 Å². The lowest BCUT2D eigenvalue weighted by Crippen LogP contribution is -2.26. The van der Waals surface area contributed by atoms with Crippen LogP contribution in [0.15, 0.2) is 41.2 Å². The van der Waals surface area contributed by atoms with E-state index in [0.29, 0.717) is 18.7 Å². The van der Waals surface area contributed by atoms with Crippen LogP contribution in [-0.2, 0) is 16.1 Å². The summed E-state index contributed by atoms with van der Waals surface area (Å²) in [7, 11) is 0. The van der Waals surface area contributed by atoms with Crippen LogP contribution in [0.2, 0.25) is 0 Å². The van der Waals surface area contributed by atoms with Crippen LogP contribution in [0.5, 0.6) is 0 Å². The highest BCUT2D eigenvalue weighted by molar-refractivity contribution is 5.94. The molecule has 1 aromatic heterocycles. The number of anilines is 1. The molecule has 0 aliphatic carbocycles. The van der Waals surface area contributed by atoms with Gasteiger partial charge in [-0.1, -0.05) is 19.1 Å². The van der Waals surface area contributed by atoms with Crippen LogP contribution in [-0.4, -0.2) is 28.3 Å². The molecular formula is C17H19N3O4. The Hall–Kier alpha value is -2.96. The first-order chi connectivity index (χ1) is 11.5. The second kappa shape index (κ2) is 8.05. The van der Waals surface area contributed by atoms with Crippen LogP contribution in [0.25, 0.3) is 0 Å². The van der Waals surface area contributed by atoms with Gasteiger partial charge in [-0.15, -0.1) is 0 Å². The van der Waals surface area contributed by atoms with Crippen molar-refractivity contribution in [1.82, 2.24) is 9.78 Å². The molecule has 24 heavy (non-hydrogen) atoms. The predicted molar refractivity (Wildman–Crippen MR) is 88.9 cm³/mol. The number of amides is 1. The molecule has 0 fully saturated rings.